The highest BCUT2D eigenvalue weighted by Crippen LogP contribution is 2.16. The van der Waals surface area contributed by atoms with Gasteiger partial charge in [-0.1, -0.05) is 5.16 Å². The Bertz CT molecular complexity index is 242. The summed E-state index contributed by atoms with van der Waals surface area (Å²) < 4.78 is 5.07. The van der Waals surface area contributed by atoms with Crippen LogP contribution in [0.25, 0.3) is 0 Å². The Kier molecular flexibility index (Phi) is 1.24. The Labute approximate surface area is 59.4 Å². The largest absolute Gasteiger partial charge is 0.359 e. The van der Waals surface area contributed by atoms with Crippen LogP contribution in [0.15, 0.2) is 4.52 Å². The zero-order valence-corrected chi connectivity index (χ0v) is 5.98. The van der Waals surface area contributed by atoms with E-state index in [9.17, 15) is 0 Å². The molecule has 0 aromatic carbocycles. The number of nitrogens with zero attached hydrogens (tertiary/aromatic N) is 1. The lowest BCUT2D eigenvalue weighted by Crippen LogP contribution is -2.22. The van der Waals surface area contributed by atoms with E-state index < -0.39 is 0 Å². The summed E-state index contributed by atoms with van der Waals surface area (Å²) in [6.07, 6.45) is 1.06. The zero-order chi connectivity index (χ0) is 6.97. The molecule has 1 aromatic heterocycles. The third-order valence-corrected chi connectivity index (χ3v) is 1.90. The SMILES string of the molecule is Cc1noc2c1CCNC2. The molecule has 0 bridgehead atoms. The second kappa shape index (κ2) is 2.09. The molecule has 0 saturated heterocycles. The molecule has 54 valence electrons. The standard InChI is InChI=1S/C7H10N2O/c1-5-6-2-3-8-4-7(6)10-9-5/h8H,2-4H2,1H3. The molecule has 1 aromatic rings. The monoisotopic (exact) mass is 138 g/mol. The van der Waals surface area contributed by atoms with E-state index >= 15 is 0 Å². The van der Waals surface area contributed by atoms with Gasteiger partial charge in [0.2, 0.25) is 0 Å². The first kappa shape index (κ1) is 5.92. The zero-order valence-electron chi connectivity index (χ0n) is 5.98. The number of nitrogens with one attached hydrogen (secondary N) is 1. The smallest absolute Gasteiger partial charge is 0.153 e. The molecule has 10 heavy (non-hydrogen) atoms. The molecular formula is C7H10N2O. The summed E-state index contributed by atoms with van der Waals surface area (Å²) in [5, 5.41) is 7.10. The van der Waals surface area contributed by atoms with Crippen molar-refractivity contribution < 1.29 is 4.52 Å². The molecule has 0 saturated carbocycles. The van der Waals surface area contributed by atoms with Crippen LogP contribution in [-0.4, -0.2) is 11.7 Å². The highest BCUT2D eigenvalue weighted by Gasteiger charge is 2.15. The maximum absolute atomic E-state index is 5.07. The van der Waals surface area contributed by atoms with E-state index in [4.69, 9.17) is 4.52 Å². The van der Waals surface area contributed by atoms with E-state index in [1.807, 2.05) is 6.92 Å². The third-order valence-electron chi connectivity index (χ3n) is 1.90. The van der Waals surface area contributed by atoms with E-state index in [1.165, 1.54) is 5.56 Å². The van der Waals surface area contributed by atoms with Gasteiger partial charge in [-0.05, 0) is 19.9 Å². The lowest BCUT2D eigenvalue weighted by atomic mass is 10.1. The minimum absolute atomic E-state index is 0.843. The summed E-state index contributed by atoms with van der Waals surface area (Å²) in [6, 6.07) is 0. The first-order chi connectivity index (χ1) is 4.88. The van der Waals surface area contributed by atoms with Crippen molar-refractivity contribution in [2.45, 2.75) is 19.9 Å². The molecule has 0 radical (unpaired) electrons. The molecule has 0 spiro atoms. The first-order valence-corrected chi connectivity index (χ1v) is 3.52. The maximum atomic E-state index is 5.07. The number of aryl methyl sites for hydroxylation is 1. The average Bonchev–Trinajstić information content (AvgIpc) is 2.34. The molecule has 2 rings (SSSR count). The molecule has 1 aliphatic rings. The Morgan fingerprint density at radius 3 is 3.30 bits per heavy atom. The molecule has 3 nitrogen and oxygen atoms in total. The molecule has 0 aliphatic carbocycles. The van der Waals surface area contributed by atoms with Crippen LogP contribution in [0, 0.1) is 6.92 Å². The van der Waals surface area contributed by atoms with Crippen LogP contribution in [0.4, 0.5) is 0 Å². The van der Waals surface area contributed by atoms with E-state index in [0.717, 1.165) is 31.0 Å². The fourth-order valence-electron chi connectivity index (χ4n) is 1.31. The summed E-state index contributed by atoms with van der Waals surface area (Å²) in [7, 11) is 0. The first-order valence-electron chi connectivity index (χ1n) is 3.52. The second-order valence-corrected chi connectivity index (χ2v) is 2.60. The van der Waals surface area contributed by atoms with Crippen molar-refractivity contribution >= 4 is 0 Å². The number of rotatable bonds is 0. The molecule has 0 atom stereocenters. The van der Waals surface area contributed by atoms with E-state index in [0.29, 0.717) is 0 Å². The Morgan fingerprint density at radius 2 is 2.50 bits per heavy atom. The van der Waals surface area contributed by atoms with Crippen LogP contribution in [-0.2, 0) is 13.0 Å². The molecule has 1 aliphatic heterocycles. The summed E-state index contributed by atoms with van der Waals surface area (Å²) in [5.74, 6) is 1.02. The predicted octanol–water partition coefficient (Wildman–Crippen LogP) is 0.629. The average molecular weight is 138 g/mol. The number of aromatic nitrogens is 1. The van der Waals surface area contributed by atoms with Crippen LogP contribution in [0.3, 0.4) is 0 Å². The van der Waals surface area contributed by atoms with Crippen molar-refractivity contribution in [1.82, 2.24) is 10.5 Å². The molecule has 0 amide bonds. The summed E-state index contributed by atoms with van der Waals surface area (Å²) in [6.45, 7) is 3.89. The van der Waals surface area contributed by atoms with Crippen molar-refractivity contribution in [3.63, 3.8) is 0 Å². The number of hydrogen-bond donors (Lipinski definition) is 1. The maximum Gasteiger partial charge on any atom is 0.153 e. The third kappa shape index (κ3) is 0.743. The van der Waals surface area contributed by atoms with Gasteiger partial charge in [-0.15, -0.1) is 0 Å². The van der Waals surface area contributed by atoms with Crippen LogP contribution in [0.2, 0.25) is 0 Å². The van der Waals surface area contributed by atoms with Crippen LogP contribution < -0.4 is 5.32 Å². The quantitative estimate of drug-likeness (QED) is 0.571. The minimum atomic E-state index is 0.843. The van der Waals surface area contributed by atoms with Crippen molar-refractivity contribution in [3.8, 4) is 0 Å². The second-order valence-electron chi connectivity index (χ2n) is 2.60. The Balaban J connectivity index is 2.45. The highest BCUT2D eigenvalue weighted by atomic mass is 16.5. The predicted molar refractivity (Wildman–Crippen MR) is 36.7 cm³/mol. The van der Waals surface area contributed by atoms with Gasteiger partial charge in [0.1, 0.15) is 0 Å². The lowest BCUT2D eigenvalue weighted by Gasteiger charge is -2.09. The van der Waals surface area contributed by atoms with E-state index in [2.05, 4.69) is 10.5 Å². The van der Waals surface area contributed by atoms with Crippen molar-refractivity contribution in [3.05, 3.63) is 17.0 Å². The van der Waals surface area contributed by atoms with Gasteiger partial charge in [0.15, 0.2) is 5.76 Å². The molecule has 3 heteroatoms. The summed E-state index contributed by atoms with van der Waals surface area (Å²) in [5.41, 5.74) is 2.36. The van der Waals surface area contributed by atoms with Gasteiger partial charge in [-0.2, -0.15) is 0 Å². The van der Waals surface area contributed by atoms with Gasteiger partial charge < -0.3 is 9.84 Å². The minimum Gasteiger partial charge on any atom is -0.359 e. The van der Waals surface area contributed by atoms with Crippen LogP contribution >= 0.6 is 0 Å². The van der Waals surface area contributed by atoms with Crippen molar-refractivity contribution in [1.29, 1.82) is 0 Å². The van der Waals surface area contributed by atoms with Gasteiger partial charge >= 0.3 is 0 Å². The van der Waals surface area contributed by atoms with Crippen molar-refractivity contribution in [2.75, 3.05) is 6.54 Å². The summed E-state index contributed by atoms with van der Waals surface area (Å²) >= 11 is 0. The lowest BCUT2D eigenvalue weighted by molar-refractivity contribution is 0.363. The van der Waals surface area contributed by atoms with Crippen LogP contribution in [0.5, 0.6) is 0 Å². The number of hydrogen-bond acceptors (Lipinski definition) is 3. The van der Waals surface area contributed by atoms with E-state index in [1.54, 1.807) is 0 Å². The molecule has 2 heterocycles. The van der Waals surface area contributed by atoms with Crippen molar-refractivity contribution in [2.24, 2.45) is 0 Å². The molecule has 1 N–H and O–H groups in total. The Morgan fingerprint density at radius 1 is 1.60 bits per heavy atom. The number of fused-ring (bicyclic) bond motifs is 1. The molecular weight excluding hydrogens is 128 g/mol. The fraction of sp³-hybridized carbons (Fsp3) is 0.571. The Hall–Kier alpha value is -0.830. The molecule has 0 unspecified atom stereocenters. The van der Waals surface area contributed by atoms with Gasteiger partial charge in [-0.3, -0.25) is 0 Å². The van der Waals surface area contributed by atoms with Gasteiger partial charge in [0.05, 0.1) is 12.2 Å². The normalized spacial score (nSPS) is 16.9. The van der Waals surface area contributed by atoms with Gasteiger partial charge in [-0.25, -0.2) is 0 Å². The fourth-order valence-corrected chi connectivity index (χ4v) is 1.31. The molecule has 0 fully saturated rings. The highest BCUT2D eigenvalue weighted by molar-refractivity contribution is 5.23. The van der Waals surface area contributed by atoms with E-state index in [-0.39, 0.29) is 0 Å². The van der Waals surface area contributed by atoms with Gasteiger partial charge in [0, 0.05) is 5.56 Å². The summed E-state index contributed by atoms with van der Waals surface area (Å²) in [4.78, 5) is 0. The topological polar surface area (TPSA) is 38.1 Å². The van der Waals surface area contributed by atoms with Gasteiger partial charge in [0.25, 0.3) is 0 Å². The van der Waals surface area contributed by atoms with Crippen LogP contribution in [0.1, 0.15) is 17.0 Å².